The van der Waals surface area contributed by atoms with Crippen molar-refractivity contribution in [3.8, 4) is 54.8 Å². The van der Waals surface area contributed by atoms with Crippen LogP contribution in [-0.4, -0.2) is 33.5 Å². The summed E-state index contributed by atoms with van der Waals surface area (Å²) in [5.74, 6) is 2.73. The van der Waals surface area contributed by atoms with Gasteiger partial charge in [-0.15, -0.1) is 25.7 Å². The quantitative estimate of drug-likeness (QED) is 0.0490. The van der Waals surface area contributed by atoms with E-state index in [1.54, 1.807) is 13.2 Å². The number of unbranched alkanes of at least 4 members (excludes halogenated alkanes) is 8. The third kappa shape index (κ3) is 13.4. The highest BCUT2D eigenvalue weighted by Gasteiger charge is 2.21. The molecular weight excluding hydrogens is 598 g/mol. The van der Waals surface area contributed by atoms with Crippen molar-refractivity contribution in [2.45, 2.75) is 106 Å². The highest BCUT2D eigenvalue weighted by molar-refractivity contribution is 6.13. The lowest BCUT2D eigenvalue weighted by Gasteiger charge is -2.20. The van der Waals surface area contributed by atoms with E-state index >= 15 is 0 Å². The van der Waals surface area contributed by atoms with Crippen LogP contribution in [0.5, 0.6) is 23.0 Å². The molecule has 0 fully saturated rings. The second-order valence-electron chi connectivity index (χ2n) is 10.6. The SMILES string of the molecule is C.C.C#C.C#C.C=CCOc1c(COC)c(OCC)cc2c1cc(C#N)c1cc(OCCCCCCC)c(OCCCCCCC)cc12. The summed E-state index contributed by atoms with van der Waals surface area (Å²) in [6, 6.07) is 10.3. The maximum Gasteiger partial charge on any atom is 0.161 e. The fourth-order valence-electron chi connectivity index (χ4n) is 5.25. The Morgan fingerprint density at radius 1 is 0.667 bits per heavy atom. The zero-order valence-electron chi connectivity index (χ0n) is 28.5. The summed E-state index contributed by atoms with van der Waals surface area (Å²) in [6.45, 7) is 12.6. The molecule has 3 aromatic rings. The summed E-state index contributed by atoms with van der Waals surface area (Å²) < 4.78 is 30.5. The first kappa shape index (κ1) is 45.8. The standard InChI is InChI=1S/C36H49NO5.2C2H2.2CH4/c1-6-10-12-14-16-19-40-34-22-28-27(25-37)21-31-30(29(28)24-35(34)41-20-17-15-13-11-7-2)23-33(39-9-4)32(26-38-5)36(31)42-18-8-3;2*1-2;;/h8,21-24H,3,6-7,9-20,26H2,1-2,4-5H3;2*1-2H;2*1H4. The summed E-state index contributed by atoms with van der Waals surface area (Å²) in [5.41, 5.74) is 1.36. The van der Waals surface area contributed by atoms with Gasteiger partial charge in [0.25, 0.3) is 0 Å². The first-order chi connectivity index (χ1) is 22.6. The van der Waals surface area contributed by atoms with Crippen LogP contribution in [0.4, 0.5) is 0 Å². The van der Waals surface area contributed by atoms with E-state index in [1.807, 2.05) is 31.2 Å². The van der Waals surface area contributed by atoms with E-state index in [-0.39, 0.29) is 14.9 Å². The molecule has 0 aromatic heterocycles. The van der Waals surface area contributed by atoms with Crippen molar-refractivity contribution >= 4 is 21.5 Å². The maximum absolute atomic E-state index is 10.2. The van der Waals surface area contributed by atoms with Crippen molar-refractivity contribution < 1.29 is 23.7 Å². The van der Waals surface area contributed by atoms with Crippen molar-refractivity contribution in [3.05, 3.63) is 48.0 Å². The van der Waals surface area contributed by atoms with Gasteiger partial charge in [0.2, 0.25) is 0 Å². The van der Waals surface area contributed by atoms with Crippen molar-refractivity contribution in [3.63, 3.8) is 0 Å². The van der Waals surface area contributed by atoms with E-state index < -0.39 is 0 Å². The van der Waals surface area contributed by atoms with Crippen LogP contribution in [-0.2, 0) is 11.3 Å². The number of terminal acetylenes is 2. The number of hydrogen-bond donors (Lipinski definition) is 0. The molecule has 0 amide bonds. The Hall–Kier alpha value is -4.31. The first-order valence-electron chi connectivity index (χ1n) is 16.4. The fourth-order valence-corrected chi connectivity index (χ4v) is 5.25. The van der Waals surface area contributed by atoms with E-state index in [2.05, 4.69) is 52.2 Å². The zero-order chi connectivity index (χ0) is 34.2. The molecule has 0 unspecified atom stereocenters. The smallest absolute Gasteiger partial charge is 0.161 e. The third-order valence-electron chi connectivity index (χ3n) is 7.40. The number of nitriles is 1. The van der Waals surface area contributed by atoms with Crippen molar-refractivity contribution in [2.24, 2.45) is 0 Å². The second kappa shape index (κ2) is 27.8. The Morgan fingerprint density at radius 2 is 1.17 bits per heavy atom. The first-order valence-corrected chi connectivity index (χ1v) is 16.4. The molecule has 3 aromatic carbocycles. The summed E-state index contributed by atoms with van der Waals surface area (Å²) >= 11 is 0. The van der Waals surface area contributed by atoms with E-state index in [0.717, 1.165) is 52.8 Å². The number of rotatable bonds is 21. The van der Waals surface area contributed by atoms with Gasteiger partial charge in [-0.05, 0) is 54.8 Å². The minimum atomic E-state index is 0. The lowest BCUT2D eigenvalue weighted by Crippen LogP contribution is -2.05. The number of methoxy groups -OCH3 is 1. The fraction of sp³-hybridized carbons (Fsp3) is 0.500. The highest BCUT2D eigenvalue weighted by atomic mass is 16.5. The van der Waals surface area contributed by atoms with Crippen LogP contribution in [0.25, 0.3) is 21.5 Å². The Kier molecular flexibility index (Phi) is 26.5. The van der Waals surface area contributed by atoms with Crippen LogP contribution in [0.15, 0.2) is 36.9 Å². The van der Waals surface area contributed by atoms with Crippen molar-refractivity contribution in [2.75, 3.05) is 33.5 Å². The third-order valence-corrected chi connectivity index (χ3v) is 7.40. The van der Waals surface area contributed by atoms with E-state index in [1.165, 1.54) is 38.5 Å². The van der Waals surface area contributed by atoms with Gasteiger partial charge in [0, 0.05) is 17.9 Å². The van der Waals surface area contributed by atoms with Crippen molar-refractivity contribution in [1.82, 2.24) is 0 Å². The van der Waals surface area contributed by atoms with Crippen LogP contribution >= 0.6 is 0 Å². The summed E-state index contributed by atoms with van der Waals surface area (Å²) in [4.78, 5) is 0. The van der Waals surface area contributed by atoms with Gasteiger partial charge in [0.05, 0.1) is 43.6 Å². The molecule has 0 aliphatic rings. The van der Waals surface area contributed by atoms with E-state index in [9.17, 15) is 5.26 Å². The number of fused-ring (bicyclic) bond motifs is 3. The zero-order valence-corrected chi connectivity index (χ0v) is 28.5. The molecule has 0 bridgehead atoms. The van der Waals surface area contributed by atoms with Crippen LogP contribution in [0.2, 0.25) is 0 Å². The van der Waals surface area contributed by atoms with Crippen LogP contribution in [0.1, 0.15) is 111 Å². The maximum atomic E-state index is 10.2. The van der Waals surface area contributed by atoms with E-state index in [0.29, 0.717) is 61.6 Å². The minimum Gasteiger partial charge on any atom is -0.493 e. The van der Waals surface area contributed by atoms with Gasteiger partial charge in [-0.3, -0.25) is 0 Å². The average molecular weight is 660 g/mol. The van der Waals surface area contributed by atoms with Gasteiger partial charge >= 0.3 is 0 Å². The second-order valence-corrected chi connectivity index (χ2v) is 10.6. The Bertz CT molecular complexity index is 1410. The van der Waals surface area contributed by atoms with Gasteiger partial charge in [-0.1, -0.05) is 92.7 Å². The minimum absolute atomic E-state index is 0. The Balaban J connectivity index is 0. The lowest BCUT2D eigenvalue weighted by molar-refractivity contribution is 0.176. The molecule has 0 saturated heterocycles. The molecular formula is C42H61NO5. The Morgan fingerprint density at radius 3 is 1.65 bits per heavy atom. The van der Waals surface area contributed by atoms with Gasteiger partial charge in [0.15, 0.2) is 11.5 Å². The molecule has 0 aliphatic heterocycles. The largest absolute Gasteiger partial charge is 0.493 e. The predicted octanol–water partition coefficient (Wildman–Crippen LogP) is 11.4. The molecule has 48 heavy (non-hydrogen) atoms. The van der Waals surface area contributed by atoms with Gasteiger partial charge in [-0.25, -0.2) is 0 Å². The molecule has 264 valence electrons. The van der Waals surface area contributed by atoms with Crippen molar-refractivity contribution in [1.29, 1.82) is 5.26 Å². The van der Waals surface area contributed by atoms with Gasteiger partial charge in [-0.2, -0.15) is 5.26 Å². The molecule has 0 atom stereocenters. The lowest BCUT2D eigenvalue weighted by atomic mass is 9.94. The van der Waals surface area contributed by atoms with Gasteiger partial charge in [0.1, 0.15) is 18.1 Å². The molecule has 0 spiro atoms. The molecule has 0 N–H and O–H groups in total. The van der Waals surface area contributed by atoms with E-state index in [4.69, 9.17) is 23.7 Å². The molecule has 3 rings (SSSR count). The molecule has 0 heterocycles. The summed E-state index contributed by atoms with van der Waals surface area (Å²) in [5, 5.41) is 13.7. The Labute approximate surface area is 292 Å². The molecule has 0 radical (unpaired) electrons. The topological polar surface area (TPSA) is 69.9 Å². The molecule has 6 heteroatoms. The predicted molar refractivity (Wildman–Crippen MR) is 205 cm³/mol. The number of benzene rings is 3. The molecule has 0 aliphatic carbocycles. The number of nitrogens with zero attached hydrogens (tertiary/aromatic N) is 1. The molecule has 0 saturated carbocycles. The summed E-state index contributed by atoms with van der Waals surface area (Å²) in [7, 11) is 1.65. The summed E-state index contributed by atoms with van der Waals surface area (Å²) in [6.07, 6.45) is 29.3. The van der Waals surface area contributed by atoms with Gasteiger partial charge < -0.3 is 23.7 Å². The van der Waals surface area contributed by atoms with Crippen LogP contribution < -0.4 is 18.9 Å². The molecule has 6 nitrogen and oxygen atoms in total. The van der Waals surface area contributed by atoms with Crippen LogP contribution in [0.3, 0.4) is 0 Å². The number of hydrogen-bond acceptors (Lipinski definition) is 6. The highest BCUT2D eigenvalue weighted by Crippen LogP contribution is 2.44. The normalized spacial score (nSPS) is 9.73. The monoisotopic (exact) mass is 659 g/mol. The number of ether oxygens (including phenoxy) is 5. The van der Waals surface area contributed by atoms with Crippen LogP contribution in [0, 0.1) is 37.0 Å². The average Bonchev–Trinajstić information content (AvgIpc) is 3.09.